The molecule has 1 unspecified atom stereocenters. The van der Waals surface area contributed by atoms with Gasteiger partial charge < -0.3 is 19.3 Å². The lowest BCUT2D eigenvalue weighted by Gasteiger charge is -2.44. The zero-order valence-corrected chi connectivity index (χ0v) is 27.4. The van der Waals surface area contributed by atoms with E-state index in [-0.39, 0.29) is 30.2 Å². The van der Waals surface area contributed by atoms with E-state index in [4.69, 9.17) is 32.7 Å². The van der Waals surface area contributed by atoms with Gasteiger partial charge in [0.25, 0.3) is 5.91 Å². The van der Waals surface area contributed by atoms with Crippen molar-refractivity contribution in [2.24, 2.45) is 0 Å². The molecule has 0 N–H and O–H groups in total. The summed E-state index contributed by atoms with van der Waals surface area (Å²) in [7, 11) is 0. The van der Waals surface area contributed by atoms with Crippen LogP contribution in [0.2, 0.25) is 10.0 Å². The predicted octanol–water partition coefficient (Wildman–Crippen LogP) is 6.09. The lowest BCUT2D eigenvalue weighted by atomic mass is 10.1. The first-order chi connectivity index (χ1) is 20.9. The number of ether oxygens (including phenoxy) is 2. The number of benzene rings is 2. The van der Waals surface area contributed by atoms with Crippen LogP contribution in [0.25, 0.3) is 5.69 Å². The molecule has 2 aromatic carbocycles. The molecule has 3 aromatic rings. The van der Waals surface area contributed by atoms with Crippen LogP contribution >= 0.6 is 23.2 Å². The lowest BCUT2D eigenvalue weighted by Crippen LogP contribution is -2.58. The van der Waals surface area contributed by atoms with Gasteiger partial charge in [-0.1, -0.05) is 40.5 Å². The molecular formula is C32H40Cl2N6O4. The van der Waals surface area contributed by atoms with Crippen molar-refractivity contribution in [1.29, 1.82) is 0 Å². The summed E-state index contributed by atoms with van der Waals surface area (Å²) in [5.74, 6) is 0.546. The van der Waals surface area contributed by atoms with E-state index >= 15 is 0 Å². The standard InChI is InChI=1S/C32H40Cl2N6O4/c1-21-16-38(31(42)44-32(3,4)5)17-22(2)39(21)18-23-19-40(36-35-23)29-11-7-6-10-26(29)30(41)37-14-8-9-25(20-37)43-24-12-13-27(33)28(34)15-24/h6-7,10-13,15,19,21-22,25H,8-9,14,16-18,20H2,1-5H3/t21-,22+,25?. The Morgan fingerprint density at radius 3 is 2.41 bits per heavy atom. The van der Waals surface area contributed by atoms with Crippen LogP contribution < -0.4 is 4.74 Å². The first kappa shape index (κ1) is 32.1. The van der Waals surface area contributed by atoms with Crippen LogP contribution in [0.4, 0.5) is 4.79 Å². The SMILES string of the molecule is C[C@@H]1CN(C(=O)OC(C)(C)C)C[C@H](C)N1Cc1cn(-c2ccccc2C(=O)N2CCCC(Oc3ccc(Cl)c(Cl)c3)C2)nn1. The van der Waals surface area contributed by atoms with Gasteiger partial charge in [-0.3, -0.25) is 9.69 Å². The Kier molecular flexibility index (Phi) is 9.72. The van der Waals surface area contributed by atoms with Crippen molar-refractivity contribution in [2.75, 3.05) is 26.2 Å². The molecule has 236 valence electrons. The summed E-state index contributed by atoms with van der Waals surface area (Å²) < 4.78 is 13.4. The number of piperidine rings is 1. The smallest absolute Gasteiger partial charge is 0.410 e. The minimum absolute atomic E-state index is 0.0828. The van der Waals surface area contributed by atoms with Crippen LogP contribution in [-0.2, 0) is 11.3 Å². The summed E-state index contributed by atoms with van der Waals surface area (Å²) in [5, 5.41) is 9.74. The molecule has 2 amide bonds. The Morgan fingerprint density at radius 1 is 0.977 bits per heavy atom. The van der Waals surface area contributed by atoms with Crippen molar-refractivity contribution in [1.82, 2.24) is 29.7 Å². The van der Waals surface area contributed by atoms with Gasteiger partial charge in [0.15, 0.2) is 0 Å². The van der Waals surface area contributed by atoms with Gasteiger partial charge in [0.05, 0.1) is 39.7 Å². The van der Waals surface area contributed by atoms with E-state index in [0.717, 1.165) is 18.5 Å². The van der Waals surface area contributed by atoms with Crippen LogP contribution in [0.3, 0.4) is 0 Å². The van der Waals surface area contributed by atoms with E-state index in [1.807, 2.05) is 56.1 Å². The second-order valence-corrected chi connectivity index (χ2v) is 13.5. The topological polar surface area (TPSA) is 93.0 Å². The first-order valence-electron chi connectivity index (χ1n) is 15.0. The molecule has 0 aliphatic carbocycles. The van der Waals surface area contributed by atoms with Crippen LogP contribution in [0.15, 0.2) is 48.7 Å². The summed E-state index contributed by atoms with van der Waals surface area (Å²) in [6, 6.07) is 12.8. The molecule has 5 rings (SSSR count). The highest BCUT2D eigenvalue weighted by Gasteiger charge is 2.34. The Bertz CT molecular complexity index is 1480. The van der Waals surface area contributed by atoms with Crippen molar-refractivity contribution >= 4 is 35.2 Å². The van der Waals surface area contributed by atoms with Gasteiger partial charge in [0, 0.05) is 44.3 Å². The van der Waals surface area contributed by atoms with Crippen LogP contribution in [0.5, 0.6) is 5.75 Å². The lowest BCUT2D eigenvalue weighted by molar-refractivity contribution is -0.00997. The molecule has 0 bridgehead atoms. The highest BCUT2D eigenvalue weighted by Crippen LogP contribution is 2.29. The largest absolute Gasteiger partial charge is 0.489 e. The molecule has 2 aliphatic rings. The second-order valence-electron chi connectivity index (χ2n) is 12.6. The number of aromatic nitrogens is 3. The number of carbonyl (C=O) groups excluding carboxylic acids is 2. The summed E-state index contributed by atoms with van der Waals surface area (Å²) in [5.41, 5.74) is 1.46. The molecule has 2 fully saturated rings. The highest BCUT2D eigenvalue weighted by molar-refractivity contribution is 6.42. The Labute approximate surface area is 268 Å². The summed E-state index contributed by atoms with van der Waals surface area (Å²) in [4.78, 5) is 32.4. The number of hydrogen-bond donors (Lipinski definition) is 0. The molecule has 44 heavy (non-hydrogen) atoms. The van der Waals surface area contributed by atoms with Gasteiger partial charge in [-0.15, -0.1) is 5.10 Å². The number of halogens is 2. The molecular weight excluding hydrogens is 603 g/mol. The number of piperazine rings is 1. The molecule has 3 heterocycles. The van der Waals surface area contributed by atoms with E-state index in [0.29, 0.717) is 59.8 Å². The fraction of sp³-hybridized carbons (Fsp3) is 0.500. The van der Waals surface area contributed by atoms with Crippen molar-refractivity contribution in [3.05, 3.63) is 70.0 Å². The van der Waals surface area contributed by atoms with Gasteiger partial charge in [-0.25, -0.2) is 9.48 Å². The fourth-order valence-corrected chi connectivity index (χ4v) is 6.09. The van der Waals surface area contributed by atoms with E-state index in [1.165, 1.54) is 0 Å². The average Bonchev–Trinajstić information content (AvgIpc) is 3.44. The number of para-hydroxylation sites is 1. The van der Waals surface area contributed by atoms with Crippen molar-refractivity contribution in [3.8, 4) is 11.4 Å². The number of carbonyl (C=O) groups is 2. The van der Waals surface area contributed by atoms with Gasteiger partial charge in [-0.2, -0.15) is 0 Å². The maximum Gasteiger partial charge on any atom is 0.410 e. The molecule has 0 saturated carbocycles. The molecule has 1 aromatic heterocycles. The van der Waals surface area contributed by atoms with Crippen LogP contribution in [-0.4, -0.2) is 91.7 Å². The predicted molar refractivity (Wildman–Crippen MR) is 170 cm³/mol. The van der Waals surface area contributed by atoms with E-state index in [9.17, 15) is 9.59 Å². The van der Waals surface area contributed by atoms with Crippen LogP contribution in [0, 0.1) is 0 Å². The molecule has 10 nitrogen and oxygen atoms in total. The summed E-state index contributed by atoms with van der Waals surface area (Å²) in [6.07, 6.45) is 3.09. The average molecular weight is 644 g/mol. The summed E-state index contributed by atoms with van der Waals surface area (Å²) >= 11 is 12.2. The number of hydrogen-bond acceptors (Lipinski definition) is 7. The Hall–Kier alpha value is -3.34. The van der Waals surface area contributed by atoms with Gasteiger partial charge >= 0.3 is 6.09 Å². The Morgan fingerprint density at radius 2 is 1.70 bits per heavy atom. The molecule has 0 radical (unpaired) electrons. The molecule has 2 saturated heterocycles. The first-order valence-corrected chi connectivity index (χ1v) is 15.8. The minimum atomic E-state index is -0.535. The second kappa shape index (κ2) is 13.3. The zero-order valence-electron chi connectivity index (χ0n) is 25.9. The van der Waals surface area contributed by atoms with Gasteiger partial charge in [-0.05, 0) is 71.7 Å². The third kappa shape index (κ3) is 7.65. The number of likely N-dealkylation sites (tertiary alicyclic amines) is 1. The minimum Gasteiger partial charge on any atom is -0.489 e. The van der Waals surface area contributed by atoms with E-state index < -0.39 is 5.60 Å². The number of rotatable bonds is 6. The maximum absolute atomic E-state index is 13.8. The third-order valence-corrected chi connectivity index (χ3v) is 8.62. The monoisotopic (exact) mass is 642 g/mol. The normalized spacial score (nSPS) is 21.3. The fourth-order valence-electron chi connectivity index (χ4n) is 5.81. The molecule has 2 aliphatic heterocycles. The molecule has 12 heteroatoms. The third-order valence-electron chi connectivity index (χ3n) is 7.88. The van der Waals surface area contributed by atoms with E-state index in [2.05, 4.69) is 29.1 Å². The van der Waals surface area contributed by atoms with Gasteiger partial charge in [0.2, 0.25) is 0 Å². The van der Waals surface area contributed by atoms with Gasteiger partial charge in [0.1, 0.15) is 17.5 Å². The Balaban J connectivity index is 1.25. The van der Waals surface area contributed by atoms with E-state index in [1.54, 1.807) is 27.8 Å². The maximum atomic E-state index is 13.8. The van der Waals surface area contributed by atoms with Crippen LogP contribution in [0.1, 0.15) is 63.5 Å². The van der Waals surface area contributed by atoms with Crippen molar-refractivity contribution < 1.29 is 19.1 Å². The summed E-state index contributed by atoms with van der Waals surface area (Å²) in [6.45, 7) is 12.6. The number of nitrogens with zero attached hydrogens (tertiary/aromatic N) is 6. The molecule has 0 spiro atoms. The highest BCUT2D eigenvalue weighted by atomic mass is 35.5. The quantitative estimate of drug-likeness (QED) is 0.321. The molecule has 3 atom stereocenters. The van der Waals surface area contributed by atoms with Crippen molar-refractivity contribution in [3.63, 3.8) is 0 Å². The zero-order chi connectivity index (χ0) is 31.6. The van der Waals surface area contributed by atoms with Crippen molar-refractivity contribution in [2.45, 2.75) is 77.8 Å². The number of amides is 2.